The summed E-state index contributed by atoms with van der Waals surface area (Å²) in [4.78, 5) is 42.1. The number of aromatic nitrogens is 4. The lowest BCUT2D eigenvalue weighted by molar-refractivity contribution is 0.0972. The van der Waals surface area contributed by atoms with E-state index in [0.29, 0.717) is 11.5 Å². The van der Waals surface area contributed by atoms with Crippen molar-refractivity contribution in [2.75, 3.05) is 0 Å². The Balaban J connectivity index is 2.14. The number of benzene rings is 1. The number of hydrogen-bond donors (Lipinski definition) is 0. The van der Waals surface area contributed by atoms with Gasteiger partial charge >= 0.3 is 5.69 Å². The van der Waals surface area contributed by atoms with E-state index in [1.54, 1.807) is 0 Å². The van der Waals surface area contributed by atoms with Crippen LogP contribution < -0.4 is 11.2 Å². The molecule has 3 rings (SSSR count). The van der Waals surface area contributed by atoms with Gasteiger partial charge in [0.05, 0.1) is 6.54 Å². The van der Waals surface area contributed by atoms with Crippen LogP contribution in [0.1, 0.15) is 61.0 Å². The number of halogens is 1. The average molecular weight is 417 g/mol. The van der Waals surface area contributed by atoms with Gasteiger partial charge in [-0.3, -0.25) is 18.7 Å². The third kappa shape index (κ3) is 3.55. The first-order valence-corrected chi connectivity index (χ1v) is 9.91. The number of carbonyl (C=O) groups is 1. The summed E-state index contributed by atoms with van der Waals surface area (Å²) >= 11 is 6.25. The number of aryl methyl sites for hydroxylation is 1. The zero-order valence-electron chi connectivity index (χ0n) is 17.5. The smallest absolute Gasteiger partial charge is 0.301 e. The van der Waals surface area contributed by atoms with E-state index in [0.717, 1.165) is 10.1 Å². The summed E-state index contributed by atoms with van der Waals surface area (Å²) in [5.41, 5.74) is 2.00. The minimum atomic E-state index is -0.533. The van der Waals surface area contributed by atoms with Crippen LogP contribution >= 0.6 is 11.6 Å². The van der Waals surface area contributed by atoms with Gasteiger partial charge < -0.3 is 4.57 Å². The molecule has 1 aromatic carbocycles. The summed E-state index contributed by atoms with van der Waals surface area (Å²) in [6.07, 6.45) is 0. The molecule has 2 heterocycles. The van der Waals surface area contributed by atoms with E-state index < -0.39 is 11.2 Å². The monoisotopic (exact) mass is 416 g/mol. The first kappa shape index (κ1) is 21.0. The Labute approximate surface area is 173 Å². The van der Waals surface area contributed by atoms with Gasteiger partial charge in [-0.25, -0.2) is 4.79 Å². The Morgan fingerprint density at radius 3 is 2.31 bits per heavy atom. The van der Waals surface area contributed by atoms with Crippen molar-refractivity contribution in [1.29, 1.82) is 0 Å². The molecule has 0 aliphatic rings. The van der Waals surface area contributed by atoms with Gasteiger partial charge in [0.1, 0.15) is 0 Å². The molecule has 154 valence electrons. The van der Waals surface area contributed by atoms with Crippen molar-refractivity contribution in [2.45, 2.75) is 46.1 Å². The molecule has 0 N–H and O–H groups in total. The van der Waals surface area contributed by atoms with Crippen LogP contribution in [-0.4, -0.2) is 24.5 Å². The second-order valence-electron chi connectivity index (χ2n) is 7.92. The first-order valence-electron chi connectivity index (χ1n) is 9.53. The molecule has 29 heavy (non-hydrogen) atoms. The fourth-order valence-electron chi connectivity index (χ4n) is 3.46. The molecule has 0 aliphatic carbocycles. The highest BCUT2D eigenvalue weighted by atomic mass is 35.5. The summed E-state index contributed by atoms with van der Waals surface area (Å²) < 4.78 is 3.61. The number of hydrogen-bond acceptors (Lipinski definition) is 4. The number of fused-ring (bicyclic) bond motifs is 1. The Kier molecular flexibility index (Phi) is 5.54. The highest BCUT2D eigenvalue weighted by Crippen LogP contribution is 2.26. The Morgan fingerprint density at radius 1 is 1.07 bits per heavy atom. The largest absolute Gasteiger partial charge is 0.332 e. The second kappa shape index (κ2) is 7.63. The van der Waals surface area contributed by atoms with E-state index in [9.17, 15) is 14.4 Å². The molecule has 7 nitrogen and oxygen atoms in total. The van der Waals surface area contributed by atoms with Gasteiger partial charge in [-0.1, -0.05) is 45.9 Å². The van der Waals surface area contributed by atoms with Crippen molar-refractivity contribution in [1.82, 2.24) is 18.7 Å². The molecule has 0 amide bonds. The highest BCUT2D eigenvalue weighted by Gasteiger charge is 2.22. The lowest BCUT2D eigenvalue weighted by atomic mass is 9.90. The molecule has 0 bridgehead atoms. The summed E-state index contributed by atoms with van der Waals surface area (Å²) in [5, 5.41) is -0.00320. The van der Waals surface area contributed by atoms with Crippen molar-refractivity contribution >= 4 is 28.5 Å². The summed E-state index contributed by atoms with van der Waals surface area (Å²) in [5.74, 6) is 0.352. The second-order valence-corrected chi connectivity index (χ2v) is 8.26. The van der Waals surface area contributed by atoms with Crippen molar-refractivity contribution in [3.63, 3.8) is 0 Å². The lowest BCUT2D eigenvalue weighted by Crippen LogP contribution is -2.37. The van der Waals surface area contributed by atoms with Gasteiger partial charge in [0.15, 0.2) is 16.9 Å². The maximum atomic E-state index is 13.2. The fourth-order valence-corrected chi connectivity index (χ4v) is 3.69. The number of imidazole rings is 1. The molecular weight excluding hydrogens is 392 g/mol. The van der Waals surface area contributed by atoms with Gasteiger partial charge in [-0.05, 0) is 34.6 Å². The fraction of sp³-hybridized carbons (Fsp3) is 0.429. The number of Topliss-reactive ketones (excluding diaryl/α,β-unsaturated/α-hetero) is 1. The average Bonchev–Trinajstić information content (AvgIpc) is 3.00. The van der Waals surface area contributed by atoms with Crippen molar-refractivity contribution in [3.05, 3.63) is 61.0 Å². The van der Waals surface area contributed by atoms with Crippen molar-refractivity contribution in [2.24, 2.45) is 14.1 Å². The van der Waals surface area contributed by atoms with Crippen LogP contribution in [0.2, 0.25) is 5.28 Å². The van der Waals surface area contributed by atoms with Crippen LogP contribution in [0.15, 0.2) is 27.8 Å². The molecule has 0 spiro atoms. The van der Waals surface area contributed by atoms with E-state index in [1.807, 2.05) is 26.0 Å². The molecular formula is C21H25ClN4O3. The topological polar surface area (TPSA) is 78.9 Å². The normalized spacial score (nSPS) is 11.8. The SMILES string of the molecule is CC(C)c1ccc(C(=O)Cn2c(Cl)nc3c2c(=O)n(C)c(=O)n3C)c(C(C)C)c1. The maximum Gasteiger partial charge on any atom is 0.332 e. The number of ketones is 1. The Hall–Kier alpha value is -2.67. The van der Waals surface area contributed by atoms with E-state index in [1.165, 1.54) is 28.8 Å². The Morgan fingerprint density at radius 2 is 1.72 bits per heavy atom. The molecule has 0 saturated carbocycles. The predicted molar refractivity (Wildman–Crippen MR) is 114 cm³/mol. The van der Waals surface area contributed by atoms with Crippen LogP contribution in [-0.2, 0) is 20.6 Å². The minimum Gasteiger partial charge on any atom is -0.301 e. The molecule has 2 aromatic heterocycles. The molecule has 8 heteroatoms. The summed E-state index contributed by atoms with van der Waals surface area (Å²) in [7, 11) is 2.90. The van der Waals surface area contributed by atoms with Crippen LogP contribution in [0.5, 0.6) is 0 Å². The van der Waals surface area contributed by atoms with Gasteiger partial charge in [0, 0.05) is 19.7 Å². The van der Waals surface area contributed by atoms with Crippen LogP contribution in [0, 0.1) is 0 Å². The molecule has 0 radical (unpaired) electrons. The van der Waals surface area contributed by atoms with Gasteiger partial charge in [0.25, 0.3) is 5.56 Å². The molecule has 0 unspecified atom stereocenters. The third-order valence-corrected chi connectivity index (χ3v) is 5.56. The number of nitrogens with zero attached hydrogens (tertiary/aromatic N) is 4. The van der Waals surface area contributed by atoms with Crippen molar-refractivity contribution in [3.8, 4) is 0 Å². The van der Waals surface area contributed by atoms with E-state index in [2.05, 4.69) is 24.9 Å². The first-order chi connectivity index (χ1) is 13.5. The Bertz CT molecular complexity index is 1230. The summed E-state index contributed by atoms with van der Waals surface area (Å²) in [6.45, 7) is 8.17. The quantitative estimate of drug-likeness (QED) is 0.472. The van der Waals surface area contributed by atoms with Gasteiger partial charge in [-0.2, -0.15) is 4.98 Å². The van der Waals surface area contributed by atoms with E-state index in [4.69, 9.17) is 11.6 Å². The molecule has 0 atom stereocenters. The zero-order chi connectivity index (χ0) is 21.6. The number of carbonyl (C=O) groups excluding carboxylic acids is 1. The van der Waals surface area contributed by atoms with Crippen LogP contribution in [0.25, 0.3) is 11.2 Å². The zero-order valence-corrected chi connectivity index (χ0v) is 18.2. The molecule has 3 aromatic rings. The van der Waals surface area contributed by atoms with Crippen LogP contribution in [0.4, 0.5) is 0 Å². The molecule has 0 aliphatic heterocycles. The van der Waals surface area contributed by atoms with E-state index in [-0.39, 0.29) is 34.7 Å². The van der Waals surface area contributed by atoms with Crippen LogP contribution in [0.3, 0.4) is 0 Å². The highest BCUT2D eigenvalue weighted by molar-refractivity contribution is 6.29. The van der Waals surface area contributed by atoms with Gasteiger partial charge in [0.2, 0.25) is 5.28 Å². The lowest BCUT2D eigenvalue weighted by Gasteiger charge is -2.16. The standard InChI is InChI=1S/C21H25ClN4O3/c1-11(2)13-7-8-14(15(9-13)12(3)4)16(27)10-26-17-18(23-20(26)22)24(5)21(29)25(6)19(17)28/h7-9,11-12H,10H2,1-6H3. The number of rotatable bonds is 5. The minimum absolute atomic E-state index is 0.00320. The maximum absolute atomic E-state index is 13.2. The van der Waals surface area contributed by atoms with Crippen molar-refractivity contribution < 1.29 is 4.79 Å². The van der Waals surface area contributed by atoms with Gasteiger partial charge in [-0.15, -0.1) is 0 Å². The molecule has 0 fully saturated rings. The predicted octanol–water partition coefficient (Wildman–Crippen LogP) is 3.22. The molecule has 0 saturated heterocycles. The van der Waals surface area contributed by atoms with E-state index >= 15 is 0 Å². The summed E-state index contributed by atoms with van der Waals surface area (Å²) in [6, 6.07) is 5.87. The third-order valence-electron chi connectivity index (χ3n) is 5.27.